The quantitative estimate of drug-likeness (QED) is 0.343. The number of rotatable bonds is 8. The van der Waals surface area contributed by atoms with Crippen molar-refractivity contribution in [3.63, 3.8) is 0 Å². The average molecular weight is 406 g/mol. The van der Waals surface area contributed by atoms with Crippen LogP contribution in [0.25, 0.3) is 23.0 Å². The number of pyridine rings is 1. The van der Waals surface area contributed by atoms with Crippen LogP contribution in [0.3, 0.4) is 0 Å². The summed E-state index contributed by atoms with van der Waals surface area (Å²) in [5, 5.41) is 22.1. The Morgan fingerprint density at radius 1 is 1.23 bits per heavy atom. The highest BCUT2D eigenvalue weighted by molar-refractivity contribution is 5.66. The molecule has 1 aromatic carbocycles. The van der Waals surface area contributed by atoms with Gasteiger partial charge < -0.3 is 9.26 Å². The number of nitro groups is 1. The smallest absolute Gasteiger partial charge is 0.322 e. The van der Waals surface area contributed by atoms with E-state index >= 15 is 0 Å². The van der Waals surface area contributed by atoms with Crippen molar-refractivity contribution in [2.24, 2.45) is 0 Å². The fourth-order valence-corrected chi connectivity index (χ4v) is 2.93. The molecule has 30 heavy (non-hydrogen) atoms. The first kappa shape index (κ1) is 19.2. The second-order valence-corrected chi connectivity index (χ2v) is 6.50. The minimum absolute atomic E-state index is 0.00722. The lowest BCUT2D eigenvalue weighted by atomic mass is 10.2. The maximum atomic E-state index is 11.5. The van der Waals surface area contributed by atoms with Gasteiger partial charge in [-0.15, -0.1) is 0 Å². The lowest BCUT2D eigenvalue weighted by Crippen LogP contribution is -1.95. The van der Waals surface area contributed by atoms with E-state index in [1.807, 2.05) is 19.1 Å². The lowest BCUT2D eigenvalue weighted by molar-refractivity contribution is -0.384. The summed E-state index contributed by atoms with van der Waals surface area (Å²) in [6.45, 7) is 2.33. The third kappa shape index (κ3) is 4.02. The summed E-state index contributed by atoms with van der Waals surface area (Å²) in [5.74, 6) is 0.976. The molecule has 0 saturated carbocycles. The van der Waals surface area contributed by atoms with E-state index in [1.54, 1.807) is 36.7 Å². The van der Waals surface area contributed by atoms with Crippen molar-refractivity contribution >= 4 is 5.69 Å². The molecule has 10 heteroatoms. The molecule has 0 saturated heterocycles. The minimum atomic E-state index is -0.484. The molecular formula is C20H18N6O4. The Bertz CT molecular complexity index is 1140. The molecule has 4 aromatic rings. The third-order valence-electron chi connectivity index (χ3n) is 4.36. The maximum Gasteiger partial charge on any atom is 0.322 e. The maximum absolute atomic E-state index is 11.5. The predicted molar refractivity (Wildman–Crippen MR) is 107 cm³/mol. The van der Waals surface area contributed by atoms with Crippen molar-refractivity contribution in [3.8, 4) is 28.7 Å². The number of nitrogens with one attached hydrogen (secondary N) is 1. The summed E-state index contributed by atoms with van der Waals surface area (Å²) < 4.78 is 11.0. The number of aromatic nitrogens is 5. The molecule has 0 unspecified atom stereocenters. The molecule has 0 bridgehead atoms. The molecule has 3 aromatic heterocycles. The fourth-order valence-electron chi connectivity index (χ4n) is 2.93. The third-order valence-corrected chi connectivity index (χ3v) is 4.36. The molecule has 0 fully saturated rings. The van der Waals surface area contributed by atoms with Crippen molar-refractivity contribution in [3.05, 3.63) is 70.2 Å². The Hall–Kier alpha value is -4.08. The van der Waals surface area contributed by atoms with Crippen LogP contribution in [0.5, 0.6) is 5.75 Å². The Morgan fingerprint density at radius 3 is 2.77 bits per heavy atom. The molecule has 3 heterocycles. The number of ether oxygens (including phenoxy) is 1. The van der Waals surface area contributed by atoms with Crippen LogP contribution < -0.4 is 4.74 Å². The van der Waals surface area contributed by atoms with Gasteiger partial charge >= 0.3 is 5.69 Å². The molecule has 10 nitrogen and oxygen atoms in total. The molecule has 152 valence electrons. The van der Waals surface area contributed by atoms with E-state index in [4.69, 9.17) is 9.26 Å². The first-order valence-electron chi connectivity index (χ1n) is 9.33. The molecule has 0 spiro atoms. The normalized spacial score (nSPS) is 10.8. The molecule has 0 atom stereocenters. The van der Waals surface area contributed by atoms with Gasteiger partial charge in [0.1, 0.15) is 18.1 Å². The van der Waals surface area contributed by atoms with Crippen molar-refractivity contribution < 1.29 is 14.2 Å². The molecule has 1 N–H and O–H groups in total. The lowest BCUT2D eigenvalue weighted by Gasteiger charge is -2.06. The van der Waals surface area contributed by atoms with Gasteiger partial charge in [-0.05, 0) is 36.8 Å². The Morgan fingerprint density at radius 2 is 2.07 bits per heavy atom. The van der Waals surface area contributed by atoms with Gasteiger partial charge in [0.2, 0.25) is 11.5 Å². The minimum Gasteiger partial charge on any atom is -0.489 e. The molecule has 0 amide bonds. The van der Waals surface area contributed by atoms with Crippen LogP contribution in [0.4, 0.5) is 5.69 Å². The van der Waals surface area contributed by atoms with Gasteiger partial charge in [-0.1, -0.05) is 24.6 Å². The molecule has 0 aliphatic heterocycles. The van der Waals surface area contributed by atoms with Crippen molar-refractivity contribution in [1.29, 1.82) is 0 Å². The summed E-state index contributed by atoms with van der Waals surface area (Å²) >= 11 is 0. The Balaban J connectivity index is 1.51. The van der Waals surface area contributed by atoms with E-state index in [0.717, 1.165) is 12.0 Å². The van der Waals surface area contributed by atoms with Crippen LogP contribution in [0.2, 0.25) is 0 Å². The average Bonchev–Trinajstić information content (AvgIpc) is 3.41. The molecule has 0 aliphatic carbocycles. The second kappa shape index (κ2) is 8.52. The summed E-state index contributed by atoms with van der Waals surface area (Å²) in [6, 6.07) is 10.9. The zero-order valence-corrected chi connectivity index (χ0v) is 16.1. The highest BCUT2D eigenvalue weighted by Gasteiger charge is 2.29. The summed E-state index contributed by atoms with van der Waals surface area (Å²) in [7, 11) is 0. The van der Waals surface area contributed by atoms with Gasteiger partial charge in [-0.3, -0.25) is 20.2 Å². The number of nitrogens with zero attached hydrogens (tertiary/aromatic N) is 5. The SMILES string of the molecule is CCCc1[nH]nc(-c2nc(-c3ccc(OCc4cccnc4)cc3)no2)c1[N+](=O)[O-]. The van der Waals surface area contributed by atoms with Crippen LogP contribution in [0, 0.1) is 10.1 Å². The zero-order chi connectivity index (χ0) is 20.9. The number of aromatic amines is 1. The highest BCUT2D eigenvalue weighted by Crippen LogP contribution is 2.31. The topological polar surface area (TPSA) is 133 Å². The van der Waals surface area contributed by atoms with Gasteiger partial charge in [0.15, 0.2) is 0 Å². The first-order valence-corrected chi connectivity index (χ1v) is 9.33. The zero-order valence-electron chi connectivity index (χ0n) is 16.1. The standard InChI is InChI=1S/C20H18N6O4/c1-2-4-16-18(26(27)28)17(24-23-16)20-22-19(25-30-20)14-6-8-15(9-7-14)29-12-13-5-3-10-21-11-13/h3,5-11H,2,4,12H2,1H3,(H,23,24). The first-order chi connectivity index (χ1) is 14.7. The van der Waals surface area contributed by atoms with E-state index in [2.05, 4.69) is 25.3 Å². The molecule has 0 aliphatic rings. The van der Waals surface area contributed by atoms with E-state index in [9.17, 15) is 10.1 Å². The van der Waals surface area contributed by atoms with E-state index in [1.165, 1.54) is 0 Å². The molecular weight excluding hydrogens is 388 g/mol. The Labute approximate surface area is 171 Å². The predicted octanol–water partition coefficient (Wildman–Crippen LogP) is 3.96. The van der Waals surface area contributed by atoms with E-state index in [-0.39, 0.29) is 17.3 Å². The summed E-state index contributed by atoms with van der Waals surface area (Å²) in [5.41, 5.74) is 2.00. The molecule has 0 radical (unpaired) electrons. The van der Waals surface area contributed by atoms with Gasteiger partial charge in [0, 0.05) is 23.5 Å². The number of H-pyrrole nitrogens is 1. The highest BCUT2D eigenvalue weighted by atomic mass is 16.6. The van der Waals surface area contributed by atoms with Gasteiger partial charge in [-0.25, -0.2) is 0 Å². The number of benzene rings is 1. The van der Waals surface area contributed by atoms with Gasteiger partial charge in [0.25, 0.3) is 5.89 Å². The van der Waals surface area contributed by atoms with Crippen LogP contribution >= 0.6 is 0 Å². The number of aryl methyl sites for hydroxylation is 1. The fraction of sp³-hybridized carbons (Fsp3) is 0.200. The van der Waals surface area contributed by atoms with Gasteiger partial charge in [-0.2, -0.15) is 10.1 Å². The van der Waals surface area contributed by atoms with Crippen molar-refractivity contribution in [1.82, 2.24) is 25.3 Å². The molecule has 4 rings (SSSR count). The second-order valence-electron chi connectivity index (χ2n) is 6.50. The van der Waals surface area contributed by atoms with Crippen LogP contribution in [-0.2, 0) is 13.0 Å². The largest absolute Gasteiger partial charge is 0.489 e. The number of hydrogen-bond donors (Lipinski definition) is 1. The van der Waals surface area contributed by atoms with E-state index < -0.39 is 4.92 Å². The van der Waals surface area contributed by atoms with Crippen molar-refractivity contribution in [2.45, 2.75) is 26.4 Å². The van der Waals surface area contributed by atoms with Crippen LogP contribution in [0.15, 0.2) is 53.3 Å². The van der Waals surface area contributed by atoms with Crippen LogP contribution in [0.1, 0.15) is 24.6 Å². The number of hydrogen-bond acceptors (Lipinski definition) is 8. The Kier molecular flexibility index (Phi) is 5.46. The van der Waals surface area contributed by atoms with Gasteiger partial charge in [0.05, 0.1) is 4.92 Å². The van der Waals surface area contributed by atoms with Crippen molar-refractivity contribution in [2.75, 3.05) is 0 Å². The monoisotopic (exact) mass is 406 g/mol. The summed E-state index contributed by atoms with van der Waals surface area (Å²) in [4.78, 5) is 19.3. The van der Waals surface area contributed by atoms with Crippen LogP contribution in [-0.4, -0.2) is 30.2 Å². The summed E-state index contributed by atoms with van der Waals surface area (Å²) in [6.07, 6.45) is 4.70. The van der Waals surface area contributed by atoms with E-state index in [0.29, 0.717) is 35.9 Å².